The summed E-state index contributed by atoms with van der Waals surface area (Å²) in [7, 11) is 0. The molecule has 7 heteroatoms. The van der Waals surface area contributed by atoms with Crippen LogP contribution < -0.4 is 10.6 Å². The maximum Gasteiger partial charge on any atom is 0.223 e. The monoisotopic (exact) mass is 338 g/mol. The third-order valence-corrected chi connectivity index (χ3v) is 4.52. The number of nitrogens with zero attached hydrogens (tertiary/aromatic N) is 4. The molecule has 4 rings (SSSR count). The molecule has 1 fully saturated rings. The van der Waals surface area contributed by atoms with Crippen LogP contribution in [-0.2, 0) is 5.60 Å². The lowest BCUT2D eigenvalue weighted by Gasteiger charge is -2.18. The molecule has 0 bridgehead atoms. The van der Waals surface area contributed by atoms with E-state index in [2.05, 4.69) is 25.6 Å². The number of hydrogen-bond acceptors (Lipinski definition) is 6. The average Bonchev–Trinajstić information content (AvgIpc) is 3.23. The summed E-state index contributed by atoms with van der Waals surface area (Å²) in [5.41, 5.74) is 2.39. The molecule has 0 aromatic carbocycles. The van der Waals surface area contributed by atoms with E-state index in [-0.39, 0.29) is 0 Å². The lowest BCUT2D eigenvalue weighted by atomic mass is 10.0. The highest BCUT2D eigenvalue weighted by Crippen LogP contribution is 2.24. The molecule has 1 unspecified atom stereocenters. The quantitative estimate of drug-likeness (QED) is 0.672. The van der Waals surface area contributed by atoms with Crippen molar-refractivity contribution in [2.75, 3.05) is 18.4 Å². The van der Waals surface area contributed by atoms with E-state index in [0.29, 0.717) is 12.0 Å². The summed E-state index contributed by atoms with van der Waals surface area (Å²) >= 11 is 0. The van der Waals surface area contributed by atoms with Crippen LogP contribution in [0.2, 0.25) is 0 Å². The summed E-state index contributed by atoms with van der Waals surface area (Å²) in [5, 5.41) is 17.0. The van der Waals surface area contributed by atoms with Crippen LogP contribution in [0.1, 0.15) is 25.8 Å². The van der Waals surface area contributed by atoms with E-state index in [4.69, 9.17) is 0 Å². The van der Waals surface area contributed by atoms with Crippen molar-refractivity contribution in [3.63, 3.8) is 0 Å². The van der Waals surface area contributed by atoms with Gasteiger partial charge >= 0.3 is 0 Å². The van der Waals surface area contributed by atoms with Crippen LogP contribution in [0.4, 0.5) is 5.95 Å². The smallest absolute Gasteiger partial charge is 0.223 e. The minimum absolute atomic E-state index is 0.360. The highest BCUT2D eigenvalue weighted by atomic mass is 16.3. The summed E-state index contributed by atoms with van der Waals surface area (Å²) in [5.74, 6) is 0.625. The number of aromatic nitrogens is 4. The van der Waals surface area contributed by atoms with E-state index in [1.165, 1.54) is 0 Å². The molecule has 1 atom stereocenters. The Morgan fingerprint density at radius 3 is 2.92 bits per heavy atom. The van der Waals surface area contributed by atoms with Gasteiger partial charge < -0.3 is 15.7 Å². The van der Waals surface area contributed by atoms with Gasteiger partial charge in [-0.1, -0.05) is 6.07 Å². The fourth-order valence-electron chi connectivity index (χ4n) is 3.06. The van der Waals surface area contributed by atoms with E-state index in [1.807, 2.05) is 28.8 Å². The Labute approximate surface area is 146 Å². The topological polar surface area (TPSA) is 87.4 Å². The van der Waals surface area contributed by atoms with Gasteiger partial charge in [0.2, 0.25) is 5.95 Å². The third kappa shape index (κ3) is 3.20. The molecule has 0 saturated carbocycles. The van der Waals surface area contributed by atoms with E-state index in [0.717, 1.165) is 42.1 Å². The molecule has 1 aliphatic heterocycles. The first-order chi connectivity index (χ1) is 12.0. The third-order valence-electron chi connectivity index (χ3n) is 4.52. The fraction of sp³-hybridized carbons (Fsp3) is 0.389. The Balaban J connectivity index is 1.71. The second-order valence-electron chi connectivity index (χ2n) is 6.95. The van der Waals surface area contributed by atoms with E-state index in [1.54, 1.807) is 26.2 Å². The van der Waals surface area contributed by atoms with Crippen molar-refractivity contribution < 1.29 is 5.11 Å². The van der Waals surface area contributed by atoms with Gasteiger partial charge in [0.25, 0.3) is 0 Å². The predicted molar refractivity (Wildman–Crippen MR) is 96.4 cm³/mol. The van der Waals surface area contributed by atoms with Crippen molar-refractivity contribution in [2.24, 2.45) is 0 Å². The molecule has 0 spiro atoms. The zero-order chi connectivity index (χ0) is 17.4. The first kappa shape index (κ1) is 16.0. The molecule has 0 aliphatic carbocycles. The number of imidazole rings is 1. The number of aliphatic hydroxyl groups is 1. The first-order valence-corrected chi connectivity index (χ1v) is 8.51. The molecule has 3 N–H and O–H groups in total. The summed E-state index contributed by atoms with van der Waals surface area (Å²) in [4.78, 5) is 13.4. The second kappa shape index (κ2) is 6.09. The van der Waals surface area contributed by atoms with Crippen LogP contribution in [0.25, 0.3) is 17.0 Å². The van der Waals surface area contributed by atoms with Gasteiger partial charge in [0.1, 0.15) is 5.65 Å². The molecule has 1 aliphatic rings. The zero-order valence-corrected chi connectivity index (χ0v) is 14.4. The molecule has 0 radical (unpaired) electrons. The molecule has 1 saturated heterocycles. The lowest BCUT2D eigenvalue weighted by Crippen LogP contribution is -2.23. The van der Waals surface area contributed by atoms with Crippen molar-refractivity contribution in [3.05, 3.63) is 42.4 Å². The average molecular weight is 338 g/mol. The minimum Gasteiger partial charge on any atom is -0.386 e. The highest BCUT2D eigenvalue weighted by Gasteiger charge is 2.19. The standard InChI is InChI=1S/C18H22N6O/c1-18(2,25)12-3-4-16-21-10-15(24(16)11-12)14-6-8-20-17(23-14)22-13-5-7-19-9-13/h3-4,6,8,10-11,13,19,25H,5,7,9H2,1-2H3,(H,20,22,23). The SMILES string of the molecule is CC(C)(O)c1ccc2ncc(-c3ccnc(NC4CCNC4)n3)n2c1. The first-order valence-electron chi connectivity index (χ1n) is 8.51. The van der Waals surface area contributed by atoms with Crippen molar-refractivity contribution >= 4 is 11.6 Å². The van der Waals surface area contributed by atoms with Crippen molar-refractivity contribution in [1.29, 1.82) is 0 Å². The molecule has 7 nitrogen and oxygen atoms in total. The van der Waals surface area contributed by atoms with Crippen LogP contribution >= 0.6 is 0 Å². The van der Waals surface area contributed by atoms with Gasteiger partial charge in [0, 0.05) is 25.0 Å². The van der Waals surface area contributed by atoms with Gasteiger partial charge in [-0.05, 0) is 44.5 Å². The lowest BCUT2D eigenvalue weighted by molar-refractivity contribution is 0.0782. The minimum atomic E-state index is -0.913. The van der Waals surface area contributed by atoms with E-state index >= 15 is 0 Å². The predicted octanol–water partition coefficient (Wildman–Crippen LogP) is 1.79. The molecule has 25 heavy (non-hydrogen) atoms. The molecule has 4 heterocycles. The second-order valence-corrected chi connectivity index (χ2v) is 6.95. The molecular formula is C18H22N6O. The largest absolute Gasteiger partial charge is 0.386 e. The van der Waals surface area contributed by atoms with Crippen molar-refractivity contribution in [3.8, 4) is 11.4 Å². The van der Waals surface area contributed by atoms with E-state index in [9.17, 15) is 5.11 Å². The summed E-state index contributed by atoms with van der Waals surface area (Å²) in [6.45, 7) is 5.49. The number of nitrogens with one attached hydrogen (secondary N) is 2. The van der Waals surface area contributed by atoms with Gasteiger partial charge in [0.15, 0.2) is 0 Å². The Bertz CT molecular complexity index is 892. The van der Waals surface area contributed by atoms with E-state index < -0.39 is 5.60 Å². The van der Waals surface area contributed by atoms with Gasteiger partial charge in [-0.15, -0.1) is 0 Å². The van der Waals surface area contributed by atoms with Crippen LogP contribution in [0.15, 0.2) is 36.8 Å². The Morgan fingerprint density at radius 1 is 1.28 bits per heavy atom. The van der Waals surface area contributed by atoms with Crippen LogP contribution in [0.5, 0.6) is 0 Å². The Kier molecular flexibility index (Phi) is 3.89. The number of pyridine rings is 1. The fourth-order valence-corrected chi connectivity index (χ4v) is 3.06. The number of rotatable bonds is 4. The van der Waals surface area contributed by atoms with Crippen LogP contribution in [0, 0.1) is 0 Å². The normalized spacial score (nSPS) is 18.0. The molecule has 130 valence electrons. The number of fused-ring (bicyclic) bond motifs is 1. The summed E-state index contributed by atoms with van der Waals surface area (Å²) in [6.07, 6.45) is 6.53. The summed E-state index contributed by atoms with van der Waals surface area (Å²) in [6, 6.07) is 6.03. The maximum absolute atomic E-state index is 10.3. The van der Waals surface area contributed by atoms with Crippen molar-refractivity contribution in [2.45, 2.75) is 31.9 Å². The zero-order valence-electron chi connectivity index (χ0n) is 14.4. The van der Waals surface area contributed by atoms with Crippen LogP contribution in [0.3, 0.4) is 0 Å². The Hall–Kier alpha value is -2.51. The van der Waals surface area contributed by atoms with Crippen molar-refractivity contribution in [1.82, 2.24) is 24.7 Å². The molecule has 3 aromatic rings. The van der Waals surface area contributed by atoms with Gasteiger partial charge in [-0.25, -0.2) is 15.0 Å². The summed E-state index contributed by atoms with van der Waals surface area (Å²) < 4.78 is 1.95. The van der Waals surface area contributed by atoms with Gasteiger partial charge in [0.05, 0.1) is 23.2 Å². The maximum atomic E-state index is 10.3. The van der Waals surface area contributed by atoms with Gasteiger partial charge in [-0.2, -0.15) is 0 Å². The Morgan fingerprint density at radius 2 is 2.16 bits per heavy atom. The molecular weight excluding hydrogens is 316 g/mol. The number of hydrogen-bond donors (Lipinski definition) is 3. The molecule has 0 amide bonds. The molecule has 3 aromatic heterocycles. The van der Waals surface area contributed by atoms with Crippen LogP contribution in [-0.4, -0.2) is 43.6 Å². The highest BCUT2D eigenvalue weighted by molar-refractivity contribution is 5.61. The number of anilines is 1. The van der Waals surface area contributed by atoms with Gasteiger partial charge in [-0.3, -0.25) is 4.40 Å².